The van der Waals surface area contributed by atoms with Gasteiger partial charge in [0, 0.05) is 17.8 Å². The lowest BCUT2D eigenvalue weighted by atomic mass is 10.2. The predicted molar refractivity (Wildman–Crippen MR) is 70.7 cm³/mol. The Labute approximate surface area is 107 Å². The quantitative estimate of drug-likeness (QED) is 0.863. The lowest BCUT2D eigenvalue weighted by Gasteiger charge is -2.11. The standard InChI is InChI=1S/C13H18N2O3/c1-4-12(16)14-10-7-6-9(3)11(8-10)15-13(17)18-5-2/h6-8H,4-5H2,1-3H3,(H,14,16)(H,15,17). The maximum Gasteiger partial charge on any atom is 0.411 e. The fraction of sp³-hybridized carbons (Fsp3) is 0.385. The number of benzene rings is 1. The first-order valence-corrected chi connectivity index (χ1v) is 5.91. The van der Waals surface area contributed by atoms with Gasteiger partial charge in [-0.15, -0.1) is 0 Å². The van der Waals surface area contributed by atoms with Crippen molar-refractivity contribution >= 4 is 23.4 Å². The van der Waals surface area contributed by atoms with Gasteiger partial charge in [-0.1, -0.05) is 13.0 Å². The second-order valence-corrected chi connectivity index (χ2v) is 3.78. The summed E-state index contributed by atoms with van der Waals surface area (Å²) in [6.07, 6.45) is -0.0892. The van der Waals surface area contributed by atoms with E-state index in [1.807, 2.05) is 13.0 Å². The van der Waals surface area contributed by atoms with Gasteiger partial charge >= 0.3 is 6.09 Å². The molecular formula is C13H18N2O3. The van der Waals surface area contributed by atoms with Crippen molar-refractivity contribution in [2.75, 3.05) is 17.2 Å². The average Bonchev–Trinajstić information content (AvgIpc) is 2.33. The average molecular weight is 250 g/mol. The summed E-state index contributed by atoms with van der Waals surface area (Å²) < 4.78 is 4.81. The zero-order chi connectivity index (χ0) is 13.5. The SMILES string of the molecule is CCOC(=O)Nc1cc(NC(=O)CC)ccc1C. The number of carbonyl (C=O) groups is 2. The molecule has 0 atom stereocenters. The van der Waals surface area contributed by atoms with Crippen LogP contribution in [0.25, 0.3) is 0 Å². The summed E-state index contributed by atoms with van der Waals surface area (Å²) in [6.45, 7) is 5.70. The van der Waals surface area contributed by atoms with Gasteiger partial charge in [-0.2, -0.15) is 0 Å². The Kier molecular flexibility index (Phi) is 5.17. The number of aryl methyl sites for hydroxylation is 1. The highest BCUT2D eigenvalue weighted by Gasteiger charge is 2.07. The summed E-state index contributed by atoms with van der Waals surface area (Å²) in [5.74, 6) is -0.0686. The number of amides is 2. The van der Waals surface area contributed by atoms with E-state index >= 15 is 0 Å². The molecule has 1 aromatic carbocycles. The Balaban J connectivity index is 2.80. The van der Waals surface area contributed by atoms with Crippen LogP contribution >= 0.6 is 0 Å². The third-order valence-electron chi connectivity index (χ3n) is 2.35. The molecule has 1 rings (SSSR count). The van der Waals surface area contributed by atoms with Crippen molar-refractivity contribution in [1.29, 1.82) is 0 Å². The van der Waals surface area contributed by atoms with E-state index < -0.39 is 6.09 Å². The fourth-order valence-electron chi connectivity index (χ4n) is 1.36. The van der Waals surface area contributed by atoms with Gasteiger partial charge in [-0.25, -0.2) is 4.79 Å². The van der Waals surface area contributed by atoms with E-state index in [0.717, 1.165) is 5.56 Å². The van der Waals surface area contributed by atoms with Gasteiger partial charge in [0.15, 0.2) is 0 Å². The topological polar surface area (TPSA) is 67.4 Å². The van der Waals surface area contributed by atoms with Crippen molar-refractivity contribution in [3.05, 3.63) is 23.8 Å². The molecule has 2 amide bonds. The molecule has 0 saturated carbocycles. The summed E-state index contributed by atoms with van der Waals surface area (Å²) in [6, 6.07) is 5.33. The largest absolute Gasteiger partial charge is 0.450 e. The van der Waals surface area contributed by atoms with Crippen LogP contribution < -0.4 is 10.6 Å². The van der Waals surface area contributed by atoms with E-state index in [1.54, 1.807) is 26.0 Å². The Morgan fingerprint density at radius 3 is 2.56 bits per heavy atom. The Hall–Kier alpha value is -2.04. The van der Waals surface area contributed by atoms with Gasteiger partial charge in [0.1, 0.15) is 0 Å². The molecule has 0 bridgehead atoms. The highest BCUT2D eigenvalue weighted by Crippen LogP contribution is 2.20. The molecule has 0 unspecified atom stereocenters. The van der Waals surface area contributed by atoms with E-state index in [-0.39, 0.29) is 5.91 Å². The van der Waals surface area contributed by atoms with Crippen LogP contribution in [0.4, 0.5) is 16.2 Å². The minimum atomic E-state index is -0.500. The molecule has 1 aromatic rings. The molecule has 0 aliphatic carbocycles. The molecule has 98 valence electrons. The predicted octanol–water partition coefficient (Wildman–Crippen LogP) is 2.91. The van der Waals surface area contributed by atoms with Crippen LogP contribution in [0.15, 0.2) is 18.2 Å². The van der Waals surface area contributed by atoms with Crippen molar-refractivity contribution in [2.45, 2.75) is 27.2 Å². The Bertz CT molecular complexity index is 444. The molecule has 0 spiro atoms. The molecule has 0 fully saturated rings. The van der Waals surface area contributed by atoms with Crippen LogP contribution in [0.1, 0.15) is 25.8 Å². The summed E-state index contributed by atoms with van der Waals surface area (Å²) in [7, 11) is 0. The summed E-state index contributed by atoms with van der Waals surface area (Å²) in [5, 5.41) is 5.36. The summed E-state index contributed by atoms with van der Waals surface area (Å²) in [4.78, 5) is 22.6. The molecule has 0 aromatic heterocycles. The zero-order valence-electron chi connectivity index (χ0n) is 10.9. The monoisotopic (exact) mass is 250 g/mol. The van der Waals surface area contributed by atoms with Crippen LogP contribution in [-0.4, -0.2) is 18.6 Å². The molecule has 2 N–H and O–H groups in total. The van der Waals surface area contributed by atoms with Crippen molar-refractivity contribution in [3.8, 4) is 0 Å². The Morgan fingerprint density at radius 2 is 1.94 bits per heavy atom. The molecule has 5 heteroatoms. The number of nitrogens with one attached hydrogen (secondary N) is 2. The molecule has 0 saturated heterocycles. The number of ether oxygens (including phenoxy) is 1. The van der Waals surface area contributed by atoms with Crippen LogP contribution in [0.2, 0.25) is 0 Å². The smallest absolute Gasteiger partial charge is 0.411 e. The van der Waals surface area contributed by atoms with E-state index in [2.05, 4.69) is 10.6 Å². The number of anilines is 2. The Morgan fingerprint density at radius 1 is 1.22 bits per heavy atom. The van der Waals surface area contributed by atoms with Gasteiger partial charge in [-0.05, 0) is 31.5 Å². The highest BCUT2D eigenvalue weighted by molar-refractivity contribution is 5.92. The van der Waals surface area contributed by atoms with Crippen LogP contribution in [0.3, 0.4) is 0 Å². The molecule has 0 heterocycles. The number of carbonyl (C=O) groups excluding carboxylic acids is 2. The third kappa shape index (κ3) is 4.08. The van der Waals surface area contributed by atoms with E-state index in [1.165, 1.54) is 0 Å². The number of hydrogen-bond donors (Lipinski definition) is 2. The van der Waals surface area contributed by atoms with Gasteiger partial charge in [0.05, 0.1) is 6.61 Å². The fourth-order valence-corrected chi connectivity index (χ4v) is 1.36. The minimum Gasteiger partial charge on any atom is -0.450 e. The highest BCUT2D eigenvalue weighted by atomic mass is 16.5. The first kappa shape index (κ1) is 14.0. The van der Waals surface area contributed by atoms with Crippen molar-refractivity contribution in [2.24, 2.45) is 0 Å². The van der Waals surface area contributed by atoms with Gasteiger partial charge in [-0.3, -0.25) is 10.1 Å². The molecular weight excluding hydrogens is 232 g/mol. The lowest BCUT2D eigenvalue weighted by molar-refractivity contribution is -0.115. The van der Waals surface area contributed by atoms with E-state index in [0.29, 0.717) is 24.4 Å². The van der Waals surface area contributed by atoms with Crippen molar-refractivity contribution in [1.82, 2.24) is 0 Å². The number of hydrogen-bond acceptors (Lipinski definition) is 3. The lowest BCUT2D eigenvalue weighted by Crippen LogP contribution is -2.15. The maximum atomic E-state index is 11.3. The van der Waals surface area contributed by atoms with Crippen molar-refractivity contribution < 1.29 is 14.3 Å². The van der Waals surface area contributed by atoms with Crippen LogP contribution in [0.5, 0.6) is 0 Å². The molecule has 0 aliphatic heterocycles. The molecule has 5 nitrogen and oxygen atoms in total. The molecule has 0 radical (unpaired) electrons. The van der Waals surface area contributed by atoms with E-state index in [4.69, 9.17) is 4.74 Å². The molecule has 0 aliphatic rings. The summed E-state index contributed by atoms with van der Waals surface area (Å²) in [5.41, 5.74) is 2.18. The zero-order valence-corrected chi connectivity index (χ0v) is 10.9. The first-order chi connectivity index (χ1) is 8.56. The van der Waals surface area contributed by atoms with Gasteiger partial charge in [0.25, 0.3) is 0 Å². The van der Waals surface area contributed by atoms with Gasteiger partial charge in [0.2, 0.25) is 5.91 Å². The minimum absolute atomic E-state index is 0.0686. The number of rotatable bonds is 4. The summed E-state index contributed by atoms with van der Waals surface area (Å²) >= 11 is 0. The van der Waals surface area contributed by atoms with Crippen molar-refractivity contribution in [3.63, 3.8) is 0 Å². The molecule has 18 heavy (non-hydrogen) atoms. The third-order valence-corrected chi connectivity index (χ3v) is 2.35. The van der Waals surface area contributed by atoms with E-state index in [9.17, 15) is 9.59 Å². The maximum absolute atomic E-state index is 11.3. The van der Waals surface area contributed by atoms with Crippen LogP contribution in [-0.2, 0) is 9.53 Å². The second kappa shape index (κ2) is 6.64. The van der Waals surface area contributed by atoms with Gasteiger partial charge < -0.3 is 10.1 Å². The normalized spacial score (nSPS) is 9.72. The second-order valence-electron chi connectivity index (χ2n) is 3.78. The first-order valence-electron chi connectivity index (χ1n) is 5.91. The van der Waals surface area contributed by atoms with Crippen LogP contribution in [0, 0.1) is 6.92 Å².